The number of carboxylic acid groups (broad SMARTS) is 1. The first kappa shape index (κ1) is 25.5. The van der Waals surface area contributed by atoms with Gasteiger partial charge in [-0.1, -0.05) is 48.0 Å². The number of fused-ring (bicyclic) bond motifs is 1. The van der Waals surface area contributed by atoms with Crippen molar-refractivity contribution >= 4 is 46.1 Å². The van der Waals surface area contributed by atoms with Crippen molar-refractivity contribution in [3.63, 3.8) is 0 Å². The highest BCUT2D eigenvalue weighted by Crippen LogP contribution is 2.39. The Morgan fingerprint density at radius 3 is 2.50 bits per heavy atom. The zero-order valence-corrected chi connectivity index (χ0v) is 21.2. The van der Waals surface area contributed by atoms with Gasteiger partial charge in [0.1, 0.15) is 0 Å². The molecular formula is C29H30ClN3O3. The van der Waals surface area contributed by atoms with Crippen molar-refractivity contribution in [2.45, 2.75) is 25.7 Å². The molecule has 0 unspecified atom stereocenters. The van der Waals surface area contributed by atoms with Crippen LogP contribution < -0.4 is 10.6 Å². The van der Waals surface area contributed by atoms with E-state index in [0.717, 1.165) is 41.8 Å². The average Bonchev–Trinajstić information content (AvgIpc) is 3.16. The number of halogens is 1. The number of amides is 1. The highest BCUT2D eigenvalue weighted by atomic mass is 35.5. The number of nitrogens with zero attached hydrogens (tertiary/aromatic N) is 1. The SMILES string of the molecule is CN(C)CCCc1cccc(N/C(=C2\C(=O)Nc3cc(Cl)ccc32)c2cccc(CCC(=O)O)c2)c1. The number of carbonyl (C=O) groups excluding carboxylic acids is 1. The first-order valence-electron chi connectivity index (χ1n) is 12.0. The minimum atomic E-state index is -0.843. The molecule has 3 aromatic rings. The van der Waals surface area contributed by atoms with Crippen LogP contribution in [0, 0.1) is 0 Å². The monoisotopic (exact) mass is 503 g/mol. The summed E-state index contributed by atoms with van der Waals surface area (Å²) in [5.41, 5.74) is 6.42. The van der Waals surface area contributed by atoms with E-state index >= 15 is 0 Å². The highest BCUT2D eigenvalue weighted by Gasteiger charge is 2.28. The normalized spacial score (nSPS) is 13.9. The Labute approximate surface area is 216 Å². The van der Waals surface area contributed by atoms with Gasteiger partial charge in [0, 0.05) is 22.7 Å². The van der Waals surface area contributed by atoms with Crippen molar-refractivity contribution in [3.8, 4) is 0 Å². The quantitative estimate of drug-likeness (QED) is 0.305. The second kappa shape index (κ2) is 11.4. The molecule has 1 amide bonds. The van der Waals surface area contributed by atoms with E-state index in [1.54, 1.807) is 12.1 Å². The molecule has 1 heterocycles. The van der Waals surface area contributed by atoms with Crippen molar-refractivity contribution in [2.75, 3.05) is 31.3 Å². The third-order valence-electron chi connectivity index (χ3n) is 6.09. The maximum atomic E-state index is 13.2. The van der Waals surface area contributed by atoms with Gasteiger partial charge in [0.2, 0.25) is 0 Å². The van der Waals surface area contributed by atoms with Crippen LogP contribution in [0.2, 0.25) is 5.02 Å². The number of anilines is 2. The van der Waals surface area contributed by atoms with Crippen LogP contribution in [-0.4, -0.2) is 42.5 Å². The molecule has 0 bridgehead atoms. The summed E-state index contributed by atoms with van der Waals surface area (Å²) in [6, 6.07) is 21.3. The largest absolute Gasteiger partial charge is 0.481 e. The minimum absolute atomic E-state index is 0.0413. The molecule has 0 fully saturated rings. The van der Waals surface area contributed by atoms with Gasteiger partial charge < -0.3 is 20.6 Å². The highest BCUT2D eigenvalue weighted by molar-refractivity contribution is 6.38. The Hall–Kier alpha value is -3.61. The molecule has 0 radical (unpaired) electrons. The molecule has 36 heavy (non-hydrogen) atoms. The second-order valence-corrected chi connectivity index (χ2v) is 9.66. The van der Waals surface area contributed by atoms with Gasteiger partial charge in [0.05, 0.1) is 17.0 Å². The van der Waals surface area contributed by atoms with Gasteiger partial charge >= 0.3 is 5.97 Å². The first-order chi connectivity index (χ1) is 17.3. The number of aryl methyl sites for hydroxylation is 2. The van der Waals surface area contributed by atoms with E-state index in [1.807, 2.05) is 42.5 Å². The summed E-state index contributed by atoms with van der Waals surface area (Å²) in [6.07, 6.45) is 2.45. The fraction of sp³-hybridized carbons (Fsp3) is 0.241. The maximum Gasteiger partial charge on any atom is 0.303 e. The molecule has 3 aromatic carbocycles. The molecule has 6 nitrogen and oxygen atoms in total. The summed E-state index contributed by atoms with van der Waals surface area (Å²) in [5, 5.41) is 16.1. The molecule has 0 saturated heterocycles. The molecule has 0 atom stereocenters. The van der Waals surface area contributed by atoms with E-state index in [-0.39, 0.29) is 12.3 Å². The Bertz CT molecular complexity index is 1320. The van der Waals surface area contributed by atoms with Crippen molar-refractivity contribution < 1.29 is 14.7 Å². The van der Waals surface area contributed by atoms with Gasteiger partial charge in [-0.2, -0.15) is 0 Å². The predicted octanol–water partition coefficient (Wildman–Crippen LogP) is 5.78. The Balaban J connectivity index is 1.75. The van der Waals surface area contributed by atoms with Crippen molar-refractivity contribution in [3.05, 3.63) is 94.0 Å². The van der Waals surface area contributed by atoms with Gasteiger partial charge in [0.25, 0.3) is 5.91 Å². The third-order valence-corrected chi connectivity index (χ3v) is 6.32. The first-order valence-corrected chi connectivity index (χ1v) is 12.4. The average molecular weight is 504 g/mol. The topological polar surface area (TPSA) is 81.7 Å². The lowest BCUT2D eigenvalue weighted by atomic mass is 9.97. The number of benzene rings is 3. The minimum Gasteiger partial charge on any atom is -0.481 e. The number of carbonyl (C=O) groups is 2. The lowest BCUT2D eigenvalue weighted by Gasteiger charge is -2.17. The van der Waals surface area contributed by atoms with Gasteiger partial charge in [-0.15, -0.1) is 0 Å². The number of aliphatic carboxylic acids is 1. The maximum absolute atomic E-state index is 13.2. The molecule has 186 valence electrons. The fourth-order valence-electron chi connectivity index (χ4n) is 4.35. The lowest BCUT2D eigenvalue weighted by molar-refractivity contribution is -0.137. The third kappa shape index (κ3) is 6.33. The lowest BCUT2D eigenvalue weighted by Crippen LogP contribution is -2.13. The van der Waals surface area contributed by atoms with Crippen LogP contribution in [0.25, 0.3) is 11.3 Å². The summed E-state index contributed by atoms with van der Waals surface area (Å²) in [4.78, 5) is 26.5. The van der Waals surface area contributed by atoms with Crippen LogP contribution in [0.3, 0.4) is 0 Å². The summed E-state index contributed by atoms with van der Waals surface area (Å²) < 4.78 is 0. The number of carboxylic acids is 1. The van der Waals surface area contributed by atoms with E-state index in [2.05, 4.69) is 41.8 Å². The molecule has 4 rings (SSSR count). The zero-order chi connectivity index (χ0) is 25.7. The van der Waals surface area contributed by atoms with E-state index < -0.39 is 5.97 Å². The molecule has 0 aliphatic carbocycles. The van der Waals surface area contributed by atoms with Gasteiger partial charge in [0.15, 0.2) is 0 Å². The number of nitrogens with one attached hydrogen (secondary N) is 2. The van der Waals surface area contributed by atoms with Crippen LogP contribution in [-0.2, 0) is 22.4 Å². The van der Waals surface area contributed by atoms with E-state index in [4.69, 9.17) is 16.7 Å². The standard InChI is InChI=1S/C29H30ClN3O3/c1-33(2)15-5-8-19-7-4-10-23(17-19)31-28(21-9-3-6-20(16-21)11-14-26(34)35)27-24-13-12-22(30)18-25(24)32-29(27)36/h3-4,6-7,9-10,12-13,16-18,31H,5,8,11,14-15H2,1-2H3,(H,32,36)(H,34,35)/b28-27-. The summed E-state index contributed by atoms with van der Waals surface area (Å²) in [7, 11) is 4.14. The smallest absolute Gasteiger partial charge is 0.303 e. The summed E-state index contributed by atoms with van der Waals surface area (Å²) in [6.45, 7) is 1.01. The van der Waals surface area contributed by atoms with Crippen LogP contribution in [0.5, 0.6) is 0 Å². The van der Waals surface area contributed by atoms with Crippen LogP contribution >= 0.6 is 11.6 Å². The molecule has 1 aliphatic heterocycles. The van der Waals surface area contributed by atoms with Crippen molar-refractivity contribution in [2.24, 2.45) is 0 Å². The van der Waals surface area contributed by atoms with E-state index in [0.29, 0.717) is 28.4 Å². The van der Waals surface area contributed by atoms with Crippen molar-refractivity contribution in [1.29, 1.82) is 0 Å². The number of hydrogen-bond acceptors (Lipinski definition) is 4. The van der Waals surface area contributed by atoms with Crippen LogP contribution in [0.1, 0.15) is 35.1 Å². The Morgan fingerprint density at radius 1 is 1.00 bits per heavy atom. The Morgan fingerprint density at radius 2 is 1.75 bits per heavy atom. The van der Waals surface area contributed by atoms with Gasteiger partial charge in [-0.3, -0.25) is 9.59 Å². The molecule has 1 aliphatic rings. The molecular weight excluding hydrogens is 474 g/mol. The molecule has 0 aromatic heterocycles. The zero-order valence-electron chi connectivity index (χ0n) is 20.5. The predicted molar refractivity (Wildman–Crippen MR) is 146 cm³/mol. The summed E-state index contributed by atoms with van der Waals surface area (Å²) >= 11 is 6.17. The second-order valence-electron chi connectivity index (χ2n) is 9.22. The number of hydrogen-bond donors (Lipinski definition) is 3. The molecule has 0 spiro atoms. The van der Waals surface area contributed by atoms with E-state index in [1.165, 1.54) is 5.56 Å². The molecule has 3 N–H and O–H groups in total. The van der Waals surface area contributed by atoms with Crippen LogP contribution in [0.15, 0.2) is 66.7 Å². The summed E-state index contributed by atoms with van der Waals surface area (Å²) in [5.74, 6) is -1.06. The van der Waals surface area contributed by atoms with Gasteiger partial charge in [-0.05, 0) is 86.9 Å². The molecule has 7 heteroatoms. The Kier molecular flexibility index (Phi) is 8.08. The van der Waals surface area contributed by atoms with Gasteiger partial charge in [-0.25, -0.2) is 0 Å². The molecule has 0 saturated carbocycles. The van der Waals surface area contributed by atoms with Crippen LogP contribution in [0.4, 0.5) is 11.4 Å². The van der Waals surface area contributed by atoms with E-state index in [9.17, 15) is 9.59 Å². The fourth-order valence-corrected chi connectivity index (χ4v) is 4.53. The number of rotatable bonds is 10. The van der Waals surface area contributed by atoms with Crippen molar-refractivity contribution in [1.82, 2.24) is 4.90 Å².